The van der Waals surface area contributed by atoms with Gasteiger partial charge in [-0.15, -0.1) is 12.4 Å². The Balaban J connectivity index is 0.0000109. The first kappa shape index (κ1) is 32.1. The van der Waals surface area contributed by atoms with E-state index in [2.05, 4.69) is 5.32 Å². The summed E-state index contributed by atoms with van der Waals surface area (Å²) in [7, 11) is 6.59. The maximum atomic E-state index is 13.6. The van der Waals surface area contributed by atoms with E-state index in [1.54, 1.807) is 7.05 Å². The van der Waals surface area contributed by atoms with E-state index >= 15 is 0 Å². The number of nitrogens with zero attached hydrogens (tertiary/aromatic N) is 3. The Morgan fingerprint density at radius 1 is 0.912 bits per heavy atom. The number of nitrogens with one attached hydrogen (secondary N) is 1. The average Bonchev–Trinajstić information content (AvgIpc) is 3.19. The van der Waals surface area contributed by atoms with E-state index in [4.69, 9.17) is 4.74 Å². The molecule has 1 aliphatic rings. The number of carbonyl (C=O) groups excluding carboxylic acids is 4. The summed E-state index contributed by atoms with van der Waals surface area (Å²) in [5, 5.41) is 2.93. The maximum Gasteiger partial charge on any atom is 0.328 e. The first-order valence-electron chi connectivity index (χ1n) is 11.9. The van der Waals surface area contributed by atoms with Crippen molar-refractivity contribution < 1.29 is 23.9 Å². The van der Waals surface area contributed by atoms with Crippen LogP contribution < -0.4 is 5.32 Å². The van der Waals surface area contributed by atoms with Gasteiger partial charge in [-0.3, -0.25) is 19.3 Å². The van der Waals surface area contributed by atoms with Gasteiger partial charge in [0.15, 0.2) is 0 Å². The lowest BCUT2D eigenvalue weighted by Gasteiger charge is -2.38. The standard InChI is InChI=1S/C24H44N4O5.ClH/c1-14(2)18(25-21(29)19(15(3)4)26(7)8)22(30)27(9)20(16(5)6)23(31)28-13-11-12-17(28)24(32)33-10;/h14-20H,11-13H2,1-10H3,(H,25,29);1H/t17-,18-,19-,20-;/m0./s1. The highest BCUT2D eigenvalue weighted by Crippen LogP contribution is 2.24. The molecule has 198 valence electrons. The second-order valence-electron chi connectivity index (χ2n) is 10.2. The molecule has 1 rings (SSSR count). The molecule has 34 heavy (non-hydrogen) atoms. The lowest BCUT2D eigenvalue weighted by Crippen LogP contribution is -2.60. The summed E-state index contributed by atoms with van der Waals surface area (Å²) in [5.74, 6) is -1.52. The normalized spacial score (nSPS) is 18.5. The summed E-state index contributed by atoms with van der Waals surface area (Å²) in [6.07, 6.45) is 1.26. The fraction of sp³-hybridized carbons (Fsp3) is 0.833. The zero-order valence-electron chi connectivity index (χ0n) is 22.5. The summed E-state index contributed by atoms with van der Waals surface area (Å²) in [6, 6.07) is -2.53. The topological polar surface area (TPSA) is 99.3 Å². The number of likely N-dealkylation sites (N-methyl/N-ethyl adjacent to an activating group) is 2. The van der Waals surface area contributed by atoms with Crippen LogP contribution in [0.5, 0.6) is 0 Å². The predicted octanol–water partition coefficient (Wildman–Crippen LogP) is 1.78. The van der Waals surface area contributed by atoms with Crippen molar-refractivity contribution in [1.29, 1.82) is 0 Å². The van der Waals surface area contributed by atoms with Gasteiger partial charge in [0.25, 0.3) is 0 Å². The Kier molecular flexibility index (Phi) is 13.1. The molecule has 9 nitrogen and oxygen atoms in total. The number of hydrogen-bond donors (Lipinski definition) is 1. The molecule has 0 aromatic rings. The largest absolute Gasteiger partial charge is 0.467 e. The summed E-state index contributed by atoms with van der Waals surface area (Å²) in [5.41, 5.74) is 0. The van der Waals surface area contributed by atoms with Crippen molar-refractivity contribution in [3.8, 4) is 0 Å². The number of rotatable bonds is 10. The van der Waals surface area contributed by atoms with Crippen molar-refractivity contribution in [2.75, 3.05) is 34.8 Å². The van der Waals surface area contributed by atoms with Gasteiger partial charge in [0.1, 0.15) is 18.1 Å². The first-order valence-corrected chi connectivity index (χ1v) is 11.9. The fourth-order valence-electron chi connectivity index (χ4n) is 4.72. The number of halogens is 1. The van der Waals surface area contributed by atoms with Gasteiger partial charge in [0.2, 0.25) is 17.7 Å². The molecule has 0 aromatic carbocycles. The highest BCUT2D eigenvalue weighted by atomic mass is 35.5. The third-order valence-electron chi connectivity index (χ3n) is 6.35. The molecule has 0 aliphatic carbocycles. The van der Waals surface area contributed by atoms with E-state index in [-0.39, 0.29) is 53.9 Å². The van der Waals surface area contributed by atoms with Crippen LogP contribution in [0.3, 0.4) is 0 Å². The second-order valence-corrected chi connectivity index (χ2v) is 10.2. The minimum absolute atomic E-state index is 0. The summed E-state index contributed by atoms with van der Waals surface area (Å²) in [6.45, 7) is 11.9. The Hall–Kier alpha value is -1.87. The summed E-state index contributed by atoms with van der Waals surface area (Å²) >= 11 is 0. The number of ether oxygens (including phenoxy) is 1. The van der Waals surface area contributed by atoms with Crippen LogP contribution in [0.2, 0.25) is 0 Å². The molecule has 3 amide bonds. The Labute approximate surface area is 211 Å². The van der Waals surface area contributed by atoms with Gasteiger partial charge >= 0.3 is 5.97 Å². The van der Waals surface area contributed by atoms with Gasteiger partial charge < -0.3 is 19.9 Å². The third kappa shape index (κ3) is 7.57. The molecule has 1 N–H and O–H groups in total. The van der Waals surface area contributed by atoms with Gasteiger partial charge in [-0.05, 0) is 44.7 Å². The predicted molar refractivity (Wildman–Crippen MR) is 134 cm³/mol. The van der Waals surface area contributed by atoms with Gasteiger partial charge in [0, 0.05) is 13.6 Å². The second kappa shape index (κ2) is 13.9. The Morgan fingerprint density at radius 2 is 1.44 bits per heavy atom. The number of amides is 3. The molecule has 10 heteroatoms. The first-order chi connectivity index (χ1) is 15.3. The lowest BCUT2D eigenvalue weighted by atomic mass is 9.96. The molecule has 0 saturated carbocycles. The molecule has 0 unspecified atom stereocenters. The molecule has 0 spiro atoms. The minimum atomic E-state index is -0.771. The number of likely N-dealkylation sites (tertiary alicyclic amines) is 1. The molecule has 1 heterocycles. The molecule has 1 fully saturated rings. The zero-order valence-corrected chi connectivity index (χ0v) is 23.3. The van der Waals surface area contributed by atoms with Crippen LogP contribution in [-0.2, 0) is 23.9 Å². The van der Waals surface area contributed by atoms with E-state index in [0.29, 0.717) is 19.4 Å². The van der Waals surface area contributed by atoms with E-state index in [9.17, 15) is 19.2 Å². The molecule has 4 atom stereocenters. The van der Waals surface area contributed by atoms with Crippen LogP contribution in [0.1, 0.15) is 54.4 Å². The van der Waals surface area contributed by atoms with Gasteiger partial charge in [0.05, 0.1) is 13.2 Å². The quantitative estimate of drug-likeness (QED) is 0.455. The fourth-order valence-corrected chi connectivity index (χ4v) is 4.72. The van der Waals surface area contributed by atoms with Gasteiger partial charge in [-0.25, -0.2) is 4.79 Å². The number of methoxy groups -OCH3 is 1. The van der Waals surface area contributed by atoms with Crippen LogP contribution in [0, 0.1) is 17.8 Å². The monoisotopic (exact) mass is 504 g/mol. The van der Waals surface area contributed by atoms with Crippen molar-refractivity contribution in [1.82, 2.24) is 20.0 Å². The molecule has 1 aliphatic heterocycles. The maximum absolute atomic E-state index is 13.6. The van der Waals surface area contributed by atoms with Crippen molar-refractivity contribution in [2.24, 2.45) is 17.8 Å². The molecule has 0 radical (unpaired) electrons. The van der Waals surface area contributed by atoms with Crippen LogP contribution in [0.25, 0.3) is 0 Å². The molecule has 1 saturated heterocycles. The molecular formula is C24H45ClN4O5. The van der Waals surface area contributed by atoms with E-state index in [0.717, 1.165) is 0 Å². The third-order valence-corrected chi connectivity index (χ3v) is 6.35. The smallest absolute Gasteiger partial charge is 0.328 e. The zero-order chi connectivity index (χ0) is 25.6. The van der Waals surface area contributed by atoms with Crippen LogP contribution in [0.15, 0.2) is 0 Å². The van der Waals surface area contributed by atoms with Gasteiger partial charge in [-0.1, -0.05) is 41.5 Å². The lowest BCUT2D eigenvalue weighted by molar-refractivity contribution is -0.155. The highest BCUT2D eigenvalue weighted by Gasteiger charge is 2.42. The average molecular weight is 505 g/mol. The Morgan fingerprint density at radius 3 is 1.85 bits per heavy atom. The number of esters is 1. The van der Waals surface area contributed by atoms with Crippen LogP contribution >= 0.6 is 12.4 Å². The Bertz CT molecular complexity index is 705. The summed E-state index contributed by atoms with van der Waals surface area (Å²) in [4.78, 5) is 57.0. The van der Waals surface area contributed by atoms with Crippen molar-refractivity contribution in [3.63, 3.8) is 0 Å². The van der Waals surface area contributed by atoms with Crippen molar-refractivity contribution in [2.45, 2.75) is 78.6 Å². The van der Waals surface area contributed by atoms with Crippen LogP contribution in [-0.4, -0.2) is 97.4 Å². The highest BCUT2D eigenvalue weighted by molar-refractivity contribution is 5.94. The molecule has 0 bridgehead atoms. The van der Waals surface area contributed by atoms with Gasteiger partial charge in [-0.2, -0.15) is 0 Å². The van der Waals surface area contributed by atoms with Crippen molar-refractivity contribution >= 4 is 36.1 Å². The summed E-state index contributed by atoms with van der Waals surface area (Å²) < 4.78 is 4.87. The minimum Gasteiger partial charge on any atom is -0.467 e. The van der Waals surface area contributed by atoms with E-state index < -0.39 is 24.1 Å². The molecule has 0 aromatic heterocycles. The van der Waals surface area contributed by atoms with E-state index in [1.807, 2.05) is 60.5 Å². The van der Waals surface area contributed by atoms with E-state index in [1.165, 1.54) is 16.9 Å². The van der Waals surface area contributed by atoms with Crippen LogP contribution in [0.4, 0.5) is 0 Å². The van der Waals surface area contributed by atoms with Crippen molar-refractivity contribution in [3.05, 3.63) is 0 Å². The number of carbonyl (C=O) groups is 4. The SMILES string of the molecule is COC(=O)[C@@H]1CCCN1C(=O)[C@H](C(C)C)N(C)C(=O)[C@@H](NC(=O)[C@H](C(C)C)N(C)C)C(C)C.Cl. The molecular weight excluding hydrogens is 460 g/mol. The number of hydrogen-bond acceptors (Lipinski definition) is 6.